The molecule has 0 aliphatic heterocycles. The third-order valence-corrected chi connectivity index (χ3v) is 2.59. The summed E-state index contributed by atoms with van der Waals surface area (Å²) >= 11 is 8.55. The Labute approximate surface area is 94.1 Å². The van der Waals surface area contributed by atoms with Crippen LogP contribution in [0.15, 0.2) is 16.6 Å². The van der Waals surface area contributed by atoms with Crippen LogP contribution >= 0.6 is 27.5 Å². The second kappa shape index (κ2) is 4.75. The highest BCUT2D eigenvalue weighted by atomic mass is 79.9. The topological polar surface area (TPSA) is 26.3 Å². The second-order valence-electron chi connectivity index (χ2n) is 2.55. The quantitative estimate of drug-likeness (QED) is 0.615. The number of benzene rings is 1. The number of ether oxygens (including phenoxy) is 1. The Balaban J connectivity index is 3.27. The molecule has 0 aliphatic carbocycles. The van der Waals surface area contributed by atoms with Crippen LogP contribution in [0, 0.1) is 5.82 Å². The largest absolute Gasteiger partial charge is 0.465 e. The Kier molecular flexibility index (Phi) is 3.89. The standard InChI is InChI=1S/C9H7BrClFO2/c1-14-9(13)6-3-7(10)8(12)2-5(6)4-11/h2-3H,4H2,1H3. The highest BCUT2D eigenvalue weighted by molar-refractivity contribution is 9.10. The number of hydrogen-bond acceptors (Lipinski definition) is 2. The van der Waals surface area contributed by atoms with E-state index in [1.807, 2.05) is 0 Å². The van der Waals surface area contributed by atoms with Crippen molar-refractivity contribution < 1.29 is 13.9 Å². The molecule has 1 aromatic carbocycles. The second-order valence-corrected chi connectivity index (χ2v) is 3.67. The summed E-state index contributed by atoms with van der Waals surface area (Å²) in [6.45, 7) is 0. The molecule has 0 saturated heterocycles. The maximum atomic E-state index is 13.1. The van der Waals surface area contributed by atoms with Gasteiger partial charge in [-0.1, -0.05) is 0 Å². The van der Waals surface area contributed by atoms with Crippen molar-refractivity contribution in [2.24, 2.45) is 0 Å². The van der Waals surface area contributed by atoms with Gasteiger partial charge in [0.05, 0.1) is 17.1 Å². The Morgan fingerprint density at radius 1 is 1.64 bits per heavy atom. The van der Waals surface area contributed by atoms with Gasteiger partial charge in [-0.15, -0.1) is 11.6 Å². The zero-order valence-corrected chi connectivity index (χ0v) is 9.65. The molecule has 0 saturated carbocycles. The lowest BCUT2D eigenvalue weighted by atomic mass is 10.1. The van der Waals surface area contributed by atoms with Crippen LogP contribution < -0.4 is 0 Å². The molecule has 0 aliphatic rings. The first-order valence-electron chi connectivity index (χ1n) is 3.72. The van der Waals surface area contributed by atoms with Crippen molar-refractivity contribution in [1.29, 1.82) is 0 Å². The monoisotopic (exact) mass is 280 g/mol. The Morgan fingerprint density at radius 2 is 2.29 bits per heavy atom. The van der Waals surface area contributed by atoms with Crippen LogP contribution in [0.25, 0.3) is 0 Å². The highest BCUT2D eigenvalue weighted by Crippen LogP contribution is 2.22. The van der Waals surface area contributed by atoms with E-state index in [0.717, 1.165) is 0 Å². The van der Waals surface area contributed by atoms with Crippen molar-refractivity contribution >= 4 is 33.5 Å². The molecule has 0 N–H and O–H groups in total. The van der Waals surface area contributed by atoms with E-state index in [-0.39, 0.29) is 15.9 Å². The third-order valence-electron chi connectivity index (χ3n) is 1.70. The summed E-state index contributed by atoms with van der Waals surface area (Å²) in [6, 6.07) is 2.57. The lowest BCUT2D eigenvalue weighted by Gasteiger charge is -2.06. The van der Waals surface area contributed by atoms with E-state index < -0.39 is 11.8 Å². The van der Waals surface area contributed by atoms with E-state index in [1.54, 1.807) is 0 Å². The molecule has 5 heteroatoms. The molecule has 14 heavy (non-hydrogen) atoms. The van der Waals surface area contributed by atoms with Crippen LogP contribution in [-0.2, 0) is 10.6 Å². The minimum Gasteiger partial charge on any atom is -0.465 e. The number of rotatable bonds is 2. The molecule has 0 amide bonds. The fraction of sp³-hybridized carbons (Fsp3) is 0.222. The van der Waals surface area contributed by atoms with Crippen molar-refractivity contribution in [3.63, 3.8) is 0 Å². The molecule has 1 rings (SSSR count). The summed E-state index contributed by atoms with van der Waals surface area (Å²) in [7, 11) is 1.26. The van der Waals surface area contributed by atoms with Crippen molar-refractivity contribution in [2.45, 2.75) is 5.88 Å². The van der Waals surface area contributed by atoms with Crippen LogP contribution in [-0.4, -0.2) is 13.1 Å². The van der Waals surface area contributed by atoms with Gasteiger partial charge in [0.15, 0.2) is 0 Å². The van der Waals surface area contributed by atoms with Crippen LogP contribution in [0.2, 0.25) is 0 Å². The summed E-state index contributed by atoms with van der Waals surface area (Å²) in [6.07, 6.45) is 0. The van der Waals surface area contributed by atoms with Crippen LogP contribution in [0.1, 0.15) is 15.9 Å². The van der Waals surface area contributed by atoms with E-state index in [0.29, 0.717) is 5.56 Å². The summed E-state index contributed by atoms with van der Waals surface area (Å²) in [5, 5.41) is 0. The molecular weight excluding hydrogens is 274 g/mol. The number of carbonyl (C=O) groups is 1. The Morgan fingerprint density at radius 3 is 2.79 bits per heavy atom. The Hall–Kier alpha value is -0.610. The molecular formula is C9H7BrClFO2. The first-order chi connectivity index (χ1) is 6.60. The third kappa shape index (κ3) is 2.25. The van der Waals surface area contributed by atoms with Gasteiger partial charge in [0.25, 0.3) is 0 Å². The van der Waals surface area contributed by atoms with Crippen LogP contribution in [0.5, 0.6) is 0 Å². The molecule has 76 valence electrons. The minimum absolute atomic E-state index is 0.0641. The molecule has 0 spiro atoms. The van der Waals surface area contributed by atoms with Crippen molar-refractivity contribution in [2.75, 3.05) is 7.11 Å². The van der Waals surface area contributed by atoms with Crippen molar-refractivity contribution in [3.8, 4) is 0 Å². The average Bonchev–Trinajstić information content (AvgIpc) is 2.20. The minimum atomic E-state index is -0.527. The average molecular weight is 282 g/mol. The zero-order valence-electron chi connectivity index (χ0n) is 7.31. The van der Waals surface area contributed by atoms with Crippen LogP contribution in [0.3, 0.4) is 0 Å². The highest BCUT2D eigenvalue weighted by Gasteiger charge is 2.14. The van der Waals surface area contributed by atoms with E-state index in [2.05, 4.69) is 20.7 Å². The maximum Gasteiger partial charge on any atom is 0.338 e. The van der Waals surface area contributed by atoms with Gasteiger partial charge in [-0.05, 0) is 33.6 Å². The van der Waals surface area contributed by atoms with Gasteiger partial charge in [-0.2, -0.15) is 0 Å². The van der Waals surface area contributed by atoms with E-state index in [1.165, 1.54) is 19.2 Å². The number of hydrogen-bond donors (Lipinski definition) is 0. The van der Waals surface area contributed by atoms with E-state index in [9.17, 15) is 9.18 Å². The fourth-order valence-corrected chi connectivity index (χ4v) is 1.56. The lowest BCUT2D eigenvalue weighted by Crippen LogP contribution is -2.05. The van der Waals surface area contributed by atoms with Gasteiger partial charge in [-0.25, -0.2) is 9.18 Å². The molecule has 1 aromatic rings. The van der Waals surface area contributed by atoms with Gasteiger partial charge in [0.1, 0.15) is 5.82 Å². The molecule has 0 bridgehead atoms. The van der Waals surface area contributed by atoms with Gasteiger partial charge in [0, 0.05) is 5.88 Å². The van der Waals surface area contributed by atoms with Crippen molar-refractivity contribution in [3.05, 3.63) is 33.5 Å². The predicted octanol–water partition coefficient (Wildman–Crippen LogP) is 3.11. The van der Waals surface area contributed by atoms with Gasteiger partial charge < -0.3 is 4.74 Å². The molecule has 0 aromatic heterocycles. The van der Waals surface area contributed by atoms with Crippen LogP contribution in [0.4, 0.5) is 4.39 Å². The first-order valence-corrected chi connectivity index (χ1v) is 5.05. The van der Waals surface area contributed by atoms with Gasteiger partial charge >= 0.3 is 5.97 Å². The number of methoxy groups -OCH3 is 1. The van der Waals surface area contributed by atoms with Gasteiger partial charge in [-0.3, -0.25) is 0 Å². The molecule has 0 fully saturated rings. The van der Waals surface area contributed by atoms with E-state index in [4.69, 9.17) is 11.6 Å². The summed E-state index contributed by atoms with van der Waals surface area (Å²) < 4.78 is 17.8. The zero-order chi connectivity index (χ0) is 10.7. The summed E-state index contributed by atoms with van der Waals surface area (Å²) in [4.78, 5) is 11.2. The maximum absolute atomic E-state index is 13.1. The lowest BCUT2D eigenvalue weighted by molar-refractivity contribution is 0.0599. The molecule has 0 radical (unpaired) electrons. The van der Waals surface area contributed by atoms with E-state index >= 15 is 0 Å². The number of esters is 1. The van der Waals surface area contributed by atoms with Crippen molar-refractivity contribution in [1.82, 2.24) is 0 Å². The fourth-order valence-electron chi connectivity index (χ4n) is 0.999. The molecule has 2 nitrogen and oxygen atoms in total. The Bertz CT molecular complexity index is 368. The predicted molar refractivity (Wildman–Crippen MR) is 55.0 cm³/mol. The normalized spacial score (nSPS) is 10.0. The summed E-state index contributed by atoms with van der Waals surface area (Å²) in [5.74, 6) is -0.913. The number of halogens is 3. The first kappa shape index (κ1) is 11.5. The smallest absolute Gasteiger partial charge is 0.338 e. The SMILES string of the molecule is COC(=O)c1cc(Br)c(F)cc1CCl. The van der Waals surface area contributed by atoms with Gasteiger partial charge in [0.2, 0.25) is 0 Å². The molecule has 0 atom stereocenters. The molecule has 0 heterocycles. The molecule has 0 unspecified atom stereocenters. The summed E-state index contributed by atoms with van der Waals surface area (Å²) in [5.41, 5.74) is 0.690. The number of alkyl halides is 1. The number of carbonyl (C=O) groups excluding carboxylic acids is 1.